The lowest BCUT2D eigenvalue weighted by Crippen LogP contribution is -2.22. The molecule has 0 bridgehead atoms. The number of esters is 1. The molecule has 1 aromatic heterocycles. The highest BCUT2D eigenvalue weighted by Gasteiger charge is 2.15. The van der Waals surface area contributed by atoms with Crippen LogP contribution in [0.5, 0.6) is 0 Å². The molecule has 0 spiro atoms. The van der Waals surface area contributed by atoms with E-state index in [2.05, 4.69) is 4.99 Å². The fourth-order valence-corrected chi connectivity index (χ4v) is 4.16. The van der Waals surface area contributed by atoms with E-state index in [-0.39, 0.29) is 17.1 Å². The van der Waals surface area contributed by atoms with Gasteiger partial charge in [-0.3, -0.25) is 9.59 Å². The van der Waals surface area contributed by atoms with Gasteiger partial charge in [0.25, 0.3) is 5.91 Å². The summed E-state index contributed by atoms with van der Waals surface area (Å²) in [5.41, 5.74) is 3.27. The van der Waals surface area contributed by atoms with Crippen molar-refractivity contribution in [3.8, 4) is 0 Å². The number of fused-ring (bicyclic) bond motifs is 1. The predicted octanol–water partition coefficient (Wildman–Crippen LogP) is 4.54. The van der Waals surface area contributed by atoms with Gasteiger partial charge in [-0.2, -0.15) is 4.99 Å². The molecular formula is C19H16Cl2N2O3S. The normalized spacial score (nSPS) is 11.8. The molecule has 0 aliphatic carbocycles. The van der Waals surface area contributed by atoms with Crippen LogP contribution in [0.4, 0.5) is 0 Å². The third kappa shape index (κ3) is 4.08. The highest BCUT2D eigenvalue weighted by atomic mass is 35.5. The molecule has 8 heteroatoms. The van der Waals surface area contributed by atoms with Gasteiger partial charge in [0, 0.05) is 5.02 Å². The third-order valence-corrected chi connectivity index (χ3v) is 5.76. The van der Waals surface area contributed by atoms with Gasteiger partial charge >= 0.3 is 5.97 Å². The van der Waals surface area contributed by atoms with E-state index < -0.39 is 11.9 Å². The van der Waals surface area contributed by atoms with Gasteiger partial charge in [0.2, 0.25) is 0 Å². The van der Waals surface area contributed by atoms with E-state index in [1.54, 1.807) is 10.6 Å². The molecule has 5 nitrogen and oxygen atoms in total. The Hall–Kier alpha value is -2.15. The first kappa shape index (κ1) is 19.6. The number of rotatable bonds is 3. The molecule has 0 saturated heterocycles. The standard InChI is InChI=1S/C19H16Cl2N2O3S/c1-10-6-15-16(7-11(10)2)27-19(23(15)9-17(24)26-3)22-18(25)13-5-4-12(20)8-14(13)21/h4-8H,9H2,1-3H3. The van der Waals surface area contributed by atoms with Crippen LogP contribution >= 0.6 is 34.5 Å². The topological polar surface area (TPSA) is 60.7 Å². The van der Waals surface area contributed by atoms with E-state index in [0.29, 0.717) is 9.82 Å². The fraction of sp³-hybridized carbons (Fsp3) is 0.211. The summed E-state index contributed by atoms with van der Waals surface area (Å²) in [6.45, 7) is 3.96. The molecular weight excluding hydrogens is 407 g/mol. The molecule has 0 radical (unpaired) electrons. The lowest BCUT2D eigenvalue weighted by atomic mass is 10.1. The van der Waals surface area contributed by atoms with Crippen LogP contribution in [0.15, 0.2) is 35.3 Å². The third-order valence-electron chi connectivity index (χ3n) is 4.17. The molecule has 1 heterocycles. The van der Waals surface area contributed by atoms with Gasteiger partial charge in [-0.15, -0.1) is 0 Å². The van der Waals surface area contributed by atoms with Crippen molar-refractivity contribution in [2.24, 2.45) is 4.99 Å². The lowest BCUT2D eigenvalue weighted by molar-refractivity contribution is -0.141. The van der Waals surface area contributed by atoms with Crippen LogP contribution < -0.4 is 4.80 Å². The minimum Gasteiger partial charge on any atom is -0.468 e. The van der Waals surface area contributed by atoms with Crippen molar-refractivity contribution in [2.75, 3.05) is 7.11 Å². The number of amides is 1. The van der Waals surface area contributed by atoms with Crippen molar-refractivity contribution >= 4 is 56.6 Å². The average molecular weight is 423 g/mol. The number of nitrogens with zero attached hydrogens (tertiary/aromatic N) is 2. The molecule has 3 rings (SSSR count). The summed E-state index contributed by atoms with van der Waals surface area (Å²) in [6, 6.07) is 8.59. The van der Waals surface area contributed by atoms with Crippen LogP contribution in [0.3, 0.4) is 0 Å². The highest BCUT2D eigenvalue weighted by Crippen LogP contribution is 2.24. The maximum Gasteiger partial charge on any atom is 0.325 e. The molecule has 140 valence electrons. The predicted molar refractivity (Wildman–Crippen MR) is 108 cm³/mol. The highest BCUT2D eigenvalue weighted by molar-refractivity contribution is 7.16. The van der Waals surface area contributed by atoms with E-state index in [1.807, 2.05) is 26.0 Å². The van der Waals surface area contributed by atoms with E-state index in [4.69, 9.17) is 27.9 Å². The number of methoxy groups -OCH3 is 1. The first-order valence-electron chi connectivity index (χ1n) is 8.01. The maximum absolute atomic E-state index is 12.6. The van der Waals surface area contributed by atoms with Gasteiger partial charge in [0.05, 0.1) is 27.9 Å². The Kier molecular flexibility index (Phi) is 5.69. The molecule has 27 heavy (non-hydrogen) atoms. The van der Waals surface area contributed by atoms with Gasteiger partial charge in [-0.25, -0.2) is 0 Å². The molecule has 0 aliphatic rings. The van der Waals surface area contributed by atoms with Crippen molar-refractivity contribution in [1.82, 2.24) is 4.57 Å². The summed E-state index contributed by atoms with van der Waals surface area (Å²) in [6.07, 6.45) is 0. The number of carbonyl (C=O) groups is 2. The van der Waals surface area contributed by atoms with Gasteiger partial charge in [0.15, 0.2) is 4.80 Å². The Morgan fingerprint density at radius 2 is 1.85 bits per heavy atom. The number of halogens is 2. The van der Waals surface area contributed by atoms with Crippen molar-refractivity contribution in [2.45, 2.75) is 20.4 Å². The van der Waals surface area contributed by atoms with E-state index >= 15 is 0 Å². The number of aromatic nitrogens is 1. The molecule has 2 aromatic carbocycles. The monoisotopic (exact) mass is 422 g/mol. The van der Waals surface area contributed by atoms with Crippen LogP contribution in [0, 0.1) is 13.8 Å². The summed E-state index contributed by atoms with van der Waals surface area (Å²) in [5.74, 6) is -0.929. The Labute approximate surface area is 169 Å². The summed E-state index contributed by atoms with van der Waals surface area (Å²) >= 11 is 13.3. The molecule has 3 aromatic rings. The molecule has 1 amide bonds. The number of aryl methyl sites for hydroxylation is 2. The molecule has 0 fully saturated rings. The van der Waals surface area contributed by atoms with Crippen molar-refractivity contribution in [3.63, 3.8) is 0 Å². The fourth-order valence-electron chi connectivity index (χ4n) is 2.56. The Morgan fingerprint density at radius 3 is 2.52 bits per heavy atom. The van der Waals surface area contributed by atoms with Crippen LogP contribution in [0.1, 0.15) is 21.5 Å². The number of ether oxygens (including phenoxy) is 1. The van der Waals surface area contributed by atoms with Gasteiger partial charge in [-0.1, -0.05) is 34.5 Å². The number of carbonyl (C=O) groups excluding carboxylic acids is 2. The Bertz CT molecular complexity index is 1130. The first-order valence-corrected chi connectivity index (χ1v) is 9.59. The SMILES string of the molecule is COC(=O)Cn1c(=NC(=O)c2ccc(Cl)cc2Cl)sc2cc(C)c(C)cc21. The zero-order valence-electron chi connectivity index (χ0n) is 14.9. The zero-order valence-corrected chi connectivity index (χ0v) is 17.2. The van der Waals surface area contributed by atoms with Crippen molar-refractivity contribution < 1.29 is 14.3 Å². The van der Waals surface area contributed by atoms with Crippen LogP contribution in [-0.2, 0) is 16.1 Å². The van der Waals surface area contributed by atoms with Crippen LogP contribution in [-0.4, -0.2) is 23.6 Å². The van der Waals surface area contributed by atoms with E-state index in [1.165, 1.54) is 30.6 Å². The summed E-state index contributed by atoms with van der Waals surface area (Å²) in [5, 5.41) is 0.661. The largest absolute Gasteiger partial charge is 0.468 e. The number of hydrogen-bond acceptors (Lipinski definition) is 4. The van der Waals surface area contributed by atoms with Gasteiger partial charge < -0.3 is 9.30 Å². The summed E-state index contributed by atoms with van der Waals surface area (Å²) in [4.78, 5) is 29.1. The Morgan fingerprint density at radius 1 is 1.15 bits per heavy atom. The average Bonchev–Trinajstić information content (AvgIpc) is 2.91. The second kappa shape index (κ2) is 7.84. The molecule has 0 N–H and O–H groups in total. The molecule has 0 saturated carbocycles. The first-order chi connectivity index (χ1) is 12.8. The van der Waals surface area contributed by atoms with E-state index in [9.17, 15) is 9.59 Å². The van der Waals surface area contributed by atoms with Gasteiger partial charge in [-0.05, 0) is 55.3 Å². The van der Waals surface area contributed by atoms with Crippen LogP contribution in [0.25, 0.3) is 10.2 Å². The van der Waals surface area contributed by atoms with Crippen molar-refractivity contribution in [1.29, 1.82) is 0 Å². The number of benzene rings is 2. The maximum atomic E-state index is 12.6. The van der Waals surface area contributed by atoms with Crippen molar-refractivity contribution in [3.05, 3.63) is 61.9 Å². The van der Waals surface area contributed by atoms with Gasteiger partial charge in [0.1, 0.15) is 6.54 Å². The number of thiazole rings is 1. The zero-order chi connectivity index (χ0) is 19.7. The lowest BCUT2D eigenvalue weighted by Gasteiger charge is -2.05. The quantitative estimate of drug-likeness (QED) is 0.581. The minimum atomic E-state index is -0.504. The molecule has 0 unspecified atom stereocenters. The second-order valence-corrected chi connectivity index (χ2v) is 7.84. The minimum absolute atomic E-state index is 0.0422. The molecule has 0 atom stereocenters. The number of hydrogen-bond donors (Lipinski definition) is 0. The molecule has 0 aliphatic heterocycles. The van der Waals surface area contributed by atoms with Crippen LogP contribution in [0.2, 0.25) is 10.0 Å². The summed E-state index contributed by atoms with van der Waals surface area (Å²) in [7, 11) is 1.32. The second-order valence-electron chi connectivity index (χ2n) is 5.99. The smallest absolute Gasteiger partial charge is 0.325 e. The summed E-state index contributed by atoms with van der Waals surface area (Å²) < 4.78 is 7.39. The van der Waals surface area contributed by atoms with E-state index in [0.717, 1.165) is 21.3 Å². The Balaban J connectivity index is 2.19.